The highest BCUT2D eigenvalue weighted by molar-refractivity contribution is 6.00. The van der Waals surface area contributed by atoms with Gasteiger partial charge in [-0.2, -0.15) is 0 Å². The van der Waals surface area contributed by atoms with Crippen LogP contribution < -0.4 is 4.74 Å². The molecule has 0 fully saturated rings. The van der Waals surface area contributed by atoms with Crippen molar-refractivity contribution in [3.05, 3.63) is 36.4 Å². The minimum atomic E-state index is 0.576. The van der Waals surface area contributed by atoms with Gasteiger partial charge in [0.05, 0.1) is 5.71 Å². The molecule has 0 saturated carbocycles. The van der Waals surface area contributed by atoms with Gasteiger partial charge < -0.3 is 9.57 Å². The zero-order valence-corrected chi connectivity index (χ0v) is 9.99. The van der Waals surface area contributed by atoms with E-state index in [1.165, 1.54) is 0 Å². The van der Waals surface area contributed by atoms with Crippen molar-refractivity contribution < 1.29 is 9.57 Å². The maximum Gasteiger partial charge on any atom is 0.180 e. The molecule has 0 saturated heterocycles. The summed E-state index contributed by atoms with van der Waals surface area (Å²) in [6.45, 7) is 6.47. The maximum absolute atomic E-state index is 5.13. The highest BCUT2D eigenvalue weighted by Gasteiger charge is 2.05. The fraction of sp³-hybridized carbons (Fsp3) is 0.385. The number of aryl methyl sites for hydroxylation is 1. The van der Waals surface area contributed by atoms with Crippen LogP contribution in [0.4, 0.5) is 0 Å². The molecule has 0 aliphatic rings. The molecule has 0 atom stereocenters. The maximum atomic E-state index is 5.13. The van der Waals surface area contributed by atoms with Gasteiger partial charge in [-0.3, -0.25) is 0 Å². The normalized spacial score (nSPS) is 11.4. The van der Waals surface area contributed by atoms with E-state index < -0.39 is 0 Å². The fourth-order valence-electron chi connectivity index (χ4n) is 1.42. The molecular formula is C13H17NO2. The molecule has 0 bridgehead atoms. The van der Waals surface area contributed by atoms with Crippen molar-refractivity contribution in [2.75, 3.05) is 6.61 Å². The van der Waals surface area contributed by atoms with E-state index in [4.69, 9.17) is 16.7 Å². The van der Waals surface area contributed by atoms with Crippen LogP contribution in [-0.2, 0) is 4.84 Å². The van der Waals surface area contributed by atoms with Crippen LogP contribution >= 0.6 is 0 Å². The Kier molecular flexibility index (Phi) is 4.83. The minimum Gasteiger partial charge on any atom is -0.482 e. The third kappa shape index (κ3) is 2.99. The quantitative estimate of drug-likeness (QED) is 0.562. The van der Waals surface area contributed by atoms with Crippen LogP contribution in [0.2, 0.25) is 0 Å². The third-order valence-electron chi connectivity index (χ3n) is 2.27. The summed E-state index contributed by atoms with van der Waals surface area (Å²) in [6, 6.07) is 5.75. The Morgan fingerprint density at radius 2 is 2.12 bits per heavy atom. The number of rotatable bonds is 5. The van der Waals surface area contributed by atoms with Crippen LogP contribution in [0.15, 0.2) is 23.4 Å². The smallest absolute Gasteiger partial charge is 0.180 e. The van der Waals surface area contributed by atoms with Crippen molar-refractivity contribution in [2.45, 2.75) is 27.2 Å². The fourth-order valence-corrected chi connectivity index (χ4v) is 1.42. The molecule has 1 aromatic rings. The summed E-state index contributed by atoms with van der Waals surface area (Å²) in [7, 11) is 5.13. The van der Waals surface area contributed by atoms with Crippen LogP contribution in [0, 0.1) is 14.0 Å². The zero-order chi connectivity index (χ0) is 12.0. The van der Waals surface area contributed by atoms with Crippen LogP contribution in [0.3, 0.4) is 0 Å². The molecule has 1 rings (SSSR count). The second-order valence-electron chi connectivity index (χ2n) is 3.41. The summed E-state index contributed by atoms with van der Waals surface area (Å²) in [5, 5.41) is 4.07. The Morgan fingerprint density at radius 3 is 2.62 bits per heavy atom. The number of hydrogen-bond acceptors (Lipinski definition) is 3. The van der Waals surface area contributed by atoms with Crippen LogP contribution in [-0.4, -0.2) is 12.3 Å². The number of nitrogens with zero attached hydrogens (tertiary/aromatic N) is 1. The molecule has 0 aromatic heterocycles. The lowest BCUT2D eigenvalue weighted by Crippen LogP contribution is -2.01. The van der Waals surface area contributed by atoms with Gasteiger partial charge in [0.1, 0.15) is 12.4 Å². The molecule has 3 nitrogen and oxygen atoms in total. The average molecular weight is 219 g/mol. The molecule has 0 aliphatic heterocycles. The van der Waals surface area contributed by atoms with Crippen LogP contribution in [0.25, 0.3) is 0 Å². The molecule has 0 unspecified atom stereocenters. The summed E-state index contributed by atoms with van der Waals surface area (Å²) in [6.07, 6.45) is 0.822. The van der Waals surface area contributed by atoms with Crippen molar-refractivity contribution in [3.63, 3.8) is 0 Å². The summed E-state index contributed by atoms with van der Waals surface area (Å²) < 4.78 is 4.72. The molecule has 0 aliphatic carbocycles. The highest BCUT2D eigenvalue weighted by Crippen LogP contribution is 2.19. The first kappa shape index (κ1) is 12.6. The van der Waals surface area contributed by atoms with Gasteiger partial charge in [0, 0.05) is 0 Å². The number of ether oxygens (including phenoxy) is 1. The first-order valence-electron chi connectivity index (χ1n) is 5.39. The molecule has 0 amide bonds. The predicted octanol–water partition coefficient (Wildman–Crippen LogP) is 3.19. The lowest BCUT2D eigenvalue weighted by atomic mass is 10.1. The van der Waals surface area contributed by atoms with Gasteiger partial charge in [-0.05, 0) is 49.6 Å². The number of hydrogen-bond donors (Lipinski definition) is 0. The Bertz CT molecular complexity index is 372. The van der Waals surface area contributed by atoms with E-state index in [1.807, 2.05) is 39.0 Å². The molecule has 3 heteroatoms. The molecule has 0 N–H and O–H groups in total. The molecule has 1 aromatic carbocycles. The summed E-state index contributed by atoms with van der Waals surface area (Å²) in [5.41, 5.74) is 2.94. The molecule has 0 spiro atoms. The highest BCUT2D eigenvalue weighted by atomic mass is 16.6. The summed E-state index contributed by atoms with van der Waals surface area (Å²) >= 11 is 0. The van der Waals surface area contributed by atoms with Crippen molar-refractivity contribution in [1.82, 2.24) is 0 Å². The summed E-state index contributed by atoms with van der Waals surface area (Å²) in [4.78, 5) is 5.07. The van der Waals surface area contributed by atoms with E-state index in [1.54, 1.807) is 0 Å². The molecule has 86 valence electrons. The molecule has 16 heavy (non-hydrogen) atoms. The molecular weight excluding hydrogens is 202 g/mol. The van der Waals surface area contributed by atoms with Crippen molar-refractivity contribution >= 4 is 5.71 Å². The predicted molar refractivity (Wildman–Crippen MR) is 64.6 cm³/mol. The largest absolute Gasteiger partial charge is 0.482 e. The van der Waals surface area contributed by atoms with Crippen molar-refractivity contribution in [2.24, 2.45) is 5.16 Å². The van der Waals surface area contributed by atoms with E-state index >= 15 is 0 Å². The summed E-state index contributed by atoms with van der Waals surface area (Å²) in [5.74, 6) is 0.676. The zero-order valence-electron chi connectivity index (χ0n) is 9.99. The van der Waals surface area contributed by atoms with Gasteiger partial charge in [-0.15, -0.1) is 0 Å². The molecule has 2 radical (unpaired) electrons. The monoisotopic (exact) mass is 219 g/mol. The standard InChI is InChI=1S/C13H17NO2/c1-5-12(14-16-6-2)11-7-8-13(15-4)10(3)9-11/h4,7-9H,5-6H2,1-3H3/b14-12-. The lowest BCUT2D eigenvalue weighted by Gasteiger charge is -2.08. The second kappa shape index (κ2) is 6.16. The third-order valence-corrected chi connectivity index (χ3v) is 2.27. The molecule has 0 heterocycles. The van der Waals surface area contributed by atoms with Gasteiger partial charge in [0.2, 0.25) is 0 Å². The van der Waals surface area contributed by atoms with E-state index in [2.05, 4.69) is 5.16 Å². The minimum absolute atomic E-state index is 0.576. The SMILES string of the molecule is [CH]Oc1ccc(/C(CC)=N\OCC)cc1C. The second-order valence-corrected chi connectivity index (χ2v) is 3.41. The average Bonchev–Trinajstić information content (AvgIpc) is 2.30. The first-order chi connectivity index (χ1) is 7.72. The van der Waals surface area contributed by atoms with Gasteiger partial charge in [-0.25, -0.2) is 0 Å². The van der Waals surface area contributed by atoms with Gasteiger partial charge in [-0.1, -0.05) is 12.1 Å². The Balaban J connectivity index is 2.98. The van der Waals surface area contributed by atoms with E-state index in [9.17, 15) is 0 Å². The van der Waals surface area contributed by atoms with E-state index in [0.717, 1.165) is 23.3 Å². The Labute approximate surface area is 97.1 Å². The van der Waals surface area contributed by atoms with E-state index in [0.29, 0.717) is 12.4 Å². The first-order valence-corrected chi connectivity index (χ1v) is 5.39. The number of benzene rings is 1. The Morgan fingerprint density at radius 1 is 1.38 bits per heavy atom. The lowest BCUT2D eigenvalue weighted by molar-refractivity contribution is 0.158. The van der Waals surface area contributed by atoms with Crippen LogP contribution in [0.5, 0.6) is 5.75 Å². The Hall–Kier alpha value is -1.51. The van der Waals surface area contributed by atoms with Crippen molar-refractivity contribution in [1.29, 1.82) is 0 Å². The van der Waals surface area contributed by atoms with Gasteiger partial charge in [0.25, 0.3) is 0 Å². The van der Waals surface area contributed by atoms with Crippen molar-refractivity contribution in [3.8, 4) is 5.75 Å². The number of oxime groups is 1. The topological polar surface area (TPSA) is 30.8 Å². The van der Waals surface area contributed by atoms with Crippen LogP contribution in [0.1, 0.15) is 31.4 Å². The van der Waals surface area contributed by atoms with E-state index in [-0.39, 0.29) is 0 Å². The van der Waals surface area contributed by atoms with Gasteiger partial charge >= 0.3 is 0 Å². The van der Waals surface area contributed by atoms with Gasteiger partial charge in [0.15, 0.2) is 7.11 Å².